The van der Waals surface area contributed by atoms with E-state index in [9.17, 15) is 0 Å². The van der Waals surface area contributed by atoms with Crippen LogP contribution in [0, 0.1) is 0 Å². The number of hydrogen-bond donors (Lipinski definition) is 0. The molecule has 0 bridgehead atoms. The molecule has 4 aromatic rings. The predicted molar refractivity (Wildman–Crippen MR) is 81.1 cm³/mol. The standard InChI is InChI=1S/C16H13N5/c1-20-9-13(8-18-20)15-10-21(11-17-15)16-7-6-12-4-2-3-5-14(12)19-16/h2-11H,1H3. The number of fused-ring (bicyclic) bond motifs is 1. The molecule has 1 aromatic carbocycles. The summed E-state index contributed by atoms with van der Waals surface area (Å²) < 4.78 is 3.69. The van der Waals surface area contributed by atoms with Gasteiger partial charge in [-0.15, -0.1) is 0 Å². The summed E-state index contributed by atoms with van der Waals surface area (Å²) >= 11 is 0. The van der Waals surface area contributed by atoms with Gasteiger partial charge in [-0.2, -0.15) is 5.10 Å². The lowest BCUT2D eigenvalue weighted by atomic mass is 10.2. The molecule has 0 aliphatic carbocycles. The number of benzene rings is 1. The van der Waals surface area contributed by atoms with Crippen molar-refractivity contribution in [3.8, 4) is 17.1 Å². The van der Waals surface area contributed by atoms with Crippen molar-refractivity contribution in [2.75, 3.05) is 0 Å². The highest BCUT2D eigenvalue weighted by molar-refractivity contribution is 5.79. The molecule has 0 saturated carbocycles. The fourth-order valence-corrected chi connectivity index (χ4v) is 2.35. The molecular weight excluding hydrogens is 262 g/mol. The highest BCUT2D eigenvalue weighted by Crippen LogP contribution is 2.19. The molecule has 0 radical (unpaired) electrons. The van der Waals surface area contributed by atoms with E-state index in [1.165, 1.54) is 0 Å². The molecule has 0 saturated heterocycles. The topological polar surface area (TPSA) is 48.5 Å². The molecule has 5 heteroatoms. The van der Waals surface area contributed by atoms with Gasteiger partial charge in [-0.05, 0) is 18.2 Å². The number of imidazole rings is 1. The zero-order chi connectivity index (χ0) is 14.2. The average molecular weight is 275 g/mol. The molecule has 3 aromatic heterocycles. The fraction of sp³-hybridized carbons (Fsp3) is 0.0625. The number of aromatic nitrogens is 5. The van der Waals surface area contributed by atoms with Gasteiger partial charge in [0.15, 0.2) is 0 Å². The molecular formula is C16H13N5. The fourth-order valence-electron chi connectivity index (χ4n) is 2.35. The van der Waals surface area contributed by atoms with Gasteiger partial charge in [0.1, 0.15) is 12.1 Å². The molecule has 0 aliphatic rings. The van der Waals surface area contributed by atoms with Crippen molar-refractivity contribution in [2.24, 2.45) is 7.05 Å². The Balaban J connectivity index is 1.77. The summed E-state index contributed by atoms with van der Waals surface area (Å²) in [5.41, 5.74) is 2.86. The number of para-hydroxylation sites is 1. The van der Waals surface area contributed by atoms with E-state index in [-0.39, 0.29) is 0 Å². The molecule has 0 fully saturated rings. The Kier molecular flexibility index (Phi) is 2.57. The highest BCUT2D eigenvalue weighted by Gasteiger charge is 2.06. The van der Waals surface area contributed by atoms with Gasteiger partial charge in [-0.1, -0.05) is 18.2 Å². The van der Waals surface area contributed by atoms with Gasteiger partial charge in [-0.25, -0.2) is 9.97 Å². The summed E-state index contributed by atoms with van der Waals surface area (Å²) in [7, 11) is 1.89. The van der Waals surface area contributed by atoms with Crippen LogP contribution in [0.5, 0.6) is 0 Å². The minimum absolute atomic E-state index is 0.858. The average Bonchev–Trinajstić information content (AvgIpc) is 3.15. The molecule has 4 rings (SSSR count). The Morgan fingerprint density at radius 1 is 1.00 bits per heavy atom. The highest BCUT2D eigenvalue weighted by atomic mass is 15.2. The summed E-state index contributed by atoms with van der Waals surface area (Å²) in [6.45, 7) is 0. The maximum atomic E-state index is 4.66. The first-order chi connectivity index (χ1) is 10.3. The number of nitrogens with zero attached hydrogens (tertiary/aromatic N) is 5. The van der Waals surface area contributed by atoms with Crippen molar-refractivity contribution in [3.05, 3.63) is 61.3 Å². The van der Waals surface area contributed by atoms with Crippen molar-refractivity contribution < 1.29 is 0 Å². The molecule has 102 valence electrons. The van der Waals surface area contributed by atoms with Gasteiger partial charge < -0.3 is 0 Å². The second-order valence-electron chi connectivity index (χ2n) is 4.93. The quantitative estimate of drug-likeness (QED) is 0.565. The van der Waals surface area contributed by atoms with Crippen molar-refractivity contribution in [3.63, 3.8) is 0 Å². The van der Waals surface area contributed by atoms with E-state index in [0.717, 1.165) is 28.0 Å². The van der Waals surface area contributed by atoms with Crippen LogP contribution in [-0.2, 0) is 7.05 Å². The summed E-state index contributed by atoms with van der Waals surface area (Å²) in [4.78, 5) is 9.09. The second-order valence-corrected chi connectivity index (χ2v) is 4.93. The lowest BCUT2D eigenvalue weighted by Gasteiger charge is -2.02. The van der Waals surface area contributed by atoms with Gasteiger partial charge in [0, 0.05) is 30.4 Å². The van der Waals surface area contributed by atoms with Crippen molar-refractivity contribution >= 4 is 10.9 Å². The third-order valence-corrected chi connectivity index (χ3v) is 3.43. The van der Waals surface area contributed by atoms with Crippen LogP contribution in [0.3, 0.4) is 0 Å². The third kappa shape index (κ3) is 2.08. The lowest BCUT2D eigenvalue weighted by molar-refractivity contribution is 0.768. The van der Waals surface area contributed by atoms with E-state index in [4.69, 9.17) is 0 Å². The molecule has 0 aliphatic heterocycles. The van der Waals surface area contributed by atoms with Gasteiger partial charge in [0.2, 0.25) is 0 Å². The predicted octanol–water partition coefficient (Wildman–Crippen LogP) is 2.82. The summed E-state index contributed by atoms with van der Waals surface area (Å²) in [5, 5.41) is 5.30. The molecule has 0 N–H and O–H groups in total. The van der Waals surface area contributed by atoms with E-state index in [2.05, 4.69) is 27.2 Å². The molecule has 21 heavy (non-hydrogen) atoms. The second kappa shape index (κ2) is 4.56. The van der Waals surface area contributed by atoms with Gasteiger partial charge in [0.25, 0.3) is 0 Å². The van der Waals surface area contributed by atoms with Crippen LogP contribution in [0.4, 0.5) is 0 Å². The Bertz CT molecular complexity index is 919. The lowest BCUT2D eigenvalue weighted by Crippen LogP contribution is -1.94. The maximum Gasteiger partial charge on any atom is 0.138 e. The Hall–Kier alpha value is -2.95. The Labute approximate surface area is 121 Å². The van der Waals surface area contributed by atoms with Crippen LogP contribution in [0.15, 0.2) is 61.3 Å². The van der Waals surface area contributed by atoms with E-state index < -0.39 is 0 Å². The van der Waals surface area contributed by atoms with Gasteiger partial charge >= 0.3 is 0 Å². The maximum absolute atomic E-state index is 4.66. The Morgan fingerprint density at radius 2 is 1.90 bits per heavy atom. The minimum Gasteiger partial charge on any atom is -0.290 e. The summed E-state index contributed by atoms with van der Waals surface area (Å²) in [5.74, 6) is 0.858. The number of pyridine rings is 1. The summed E-state index contributed by atoms with van der Waals surface area (Å²) in [6, 6.07) is 12.1. The monoisotopic (exact) mass is 275 g/mol. The smallest absolute Gasteiger partial charge is 0.138 e. The molecule has 5 nitrogen and oxygen atoms in total. The third-order valence-electron chi connectivity index (χ3n) is 3.43. The zero-order valence-electron chi connectivity index (χ0n) is 11.5. The molecule has 0 unspecified atom stereocenters. The van der Waals surface area contributed by atoms with Crippen LogP contribution in [0.1, 0.15) is 0 Å². The van der Waals surface area contributed by atoms with Crippen molar-refractivity contribution in [1.29, 1.82) is 0 Å². The van der Waals surface area contributed by atoms with E-state index in [1.807, 2.05) is 48.3 Å². The minimum atomic E-state index is 0.858. The van der Waals surface area contributed by atoms with Crippen LogP contribution in [0.25, 0.3) is 28.0 Å². The van der Waals surface area contributed by atoms with Crippen LogP contribution in [0.2, 0.25) is 0 Å². The first-order valence-electron chi connectivity index (χ1n) is 6.69. The SMILES string of the molecule is Cn1cc(-c2cn(-c3ccc4ccccc4n3)cn2)cn1. The van der Waals surface area contributed by atoms with Crippen LogP contribution >= 0.6 is 0 Å². The summed E-state index contributed by atoms with van der Waals surface area (Å²) in [6.07, 6.45) is 7.49. The molecule has 0 atom stereocenters. The Morgan fingerprint density at radius 3 is 2.76 bits per heavy atom. The van der Waals surface area contributed by atoms with Gasteiger partial charge in [0.05, 0.1) is 17.4 Å². The first kappa shape index (κ1) is 11.8. The first-order valence-corrected chi connectivity index (χ1v) is 6.69. The van der Waals surface area contributed by atoms with Gasteiger partial charge in [-0.3, -0.25) is 9.25 Å². The van der Waals surface area contributed by atoms with Crippen LogP contribution in [-0.4, -0.2) is 24.3 Å². The van der Waals surface area contributed by atoms with E-state index in [1.54, 1.807) is 17.2 Å². The largest absolute Gasteiger partial charge is 0.290 e. The van der Waals surface area contributed by atoms with Crippen molar-refractivity contribution in [1.82, 2.24) is 24.3 Å². The van der Waals surface area contributed by atoms with Crippen LogP contribution < -0.4 is 0 Å². The molecule has 0 amide bonds. The number of rotatable bonds is 2. The number of aryl methyl sites for hydroxylation is 1. The normalized spacial score (nSPS) is 11.1. The van der Waals surface area contributed by atoms with Crippen molar-refractivity contribution in [2.45, 2.75) is 0 Å². The zero-order valence-corrected chi connectivity index (χ0v) is 11.5. The molecule has 3 heterocycles. The number of hydrogen-bond acceptors (Lipinski definition) is 3. The van der Waals surface area contributed by atoms with E-state index in [0.29, 0.717) is 0 Å². The van der Waals surface area contributed by atoms with E-state index >= 15 is 0 Å². The molecule has 0 spiro atoms.